The highest BCUT2D eigenvalue weighted by atomic mass is 32.2. The largest absolute Gasteiger partial charge is 0.357 e. The number of nitrogens with one attached hydrogen (secondary N) is 2. The van der Waals surface area contributed by atoms with E-state index < -0.39 is 14.6 Å². The molecule has 2 N–H and O–H groups in total. The molecule has 0 aliphatic carbocycles. The van der Waals surface area contributed by atoms with Crippen molar-refractivity contribution in [3.05, 3.63) is 30.2 Å². The summed E-state index contributed by atoms with van der Waals surface area (Å²) in [6.45, 7) is 6.59. The molecule has 0 amide bonds. The quantitative estimate of drug-likeness (QED) is 0.583. The molecule has 24 heavy (non-hydrogen) atoms. The van der Waals surface area contributed by atoms with Gasteiger partial charge in [0.1, 0.15) is 6.54 Å². The molecular formula is C15H24N6O2S. The number of pyridine rings is 1. The summed E-state index contributed by atoms with van der Waals surface area (Å²) in [4.78, 5) is 4.47. The van der Waals surface area contributed by atoms with E-state index in [1.165, 1.54) is 6.26 Å². The molecule has 0 saturated carbocycles. The first-order valence-corrected chi connectivity index (χ1v) is 9.64. The SMILES string of the molecule is CCNC(=NCc1nnc2ccccn12)NCC(C)(C)S(C)(=O)=O. The monoisotopic (exact) mass is 352 g/mol. The number of guanidine groups is 1. The molecular weight excluding hydrogens is 328 g/mol. The van der Waals surface area contributed by atoms with Gasteiger partial charge in [0, 0.05) is 25.5 Å². The van der Waals surface area contributed by atoms with Gasteiger partial charge in [0.15, 0.2) is 27.3 Å². The van der Waals surface area contributed by atoms with Gasteiger partial charge in [-0.25, -0.2) is 13.4 Å². The Bertz CT molecular complexity index is 825. The average Bonchev–Trinajstić information content (AvgIpc) is 2.92. The summed E-state index contributed by atoms with van der Waals surface area (Å²) in [5, 5.41) is 14.4. The van der Waals surface area contributed by atoms with Gasteiger partial charge >= 0.3 is 0 Å². The Morgan fingerprint density at radius 1 is 1.29 bits per heavy atom. The first-order chi connectivity index (χ1) is 11.2. The Balaban J connectivity index is 2.11. The molecule has 8 nitrogen and oxygen atoms in total. The van der Waals surface area contributed by atoms with Crippen molar-refractivity contribution in [1.29, 1.82) is 0 Å². The van der Waals surface area contributed by atoms with Gasteiger partial charge in [0.25, 0.3) is 0 Å². The van der Waals surface area contributed by atoms with E-state index in [1.807, 2.05) is 35.7 Å². The van der Waals surface area contributed by atoms with Crippen LogP contribution in [0.4, 0.5) is 0 Å². The van der Waals surface area contributed by atoms with E-state index in [9.17, 15) is 8.42 Å². The molecule has 2 heterocycles. The minimum atomic E-state index is -3.17. The van der Waals surface area contributed by atoms with E-state index in [0.717, 1.165) is 5.65 Å². The number of fused-ring (bicyclic) bond motifs is 1. The van der Waals surface area contributed by atoms with Crippen LogP contribution in [-0.2, 0) is 16.4 Å². The van der Waals surface area contributed by atoms with Gasteiger partial charge in [0.05, 0.1) is 4.75 Å². The Labute approximate surface area is 142 Å². The Morgan fingerprint density at radius 3 is 2.71 bits per heavy atom. The van der Waals surface area contributed by atoms with Crippen molar-refractivity contribution in [2.24, 2.45) is 4.99 Å². The minimum absolute atomic E-state index is 0.262. The van der Waals surface area contributed by atoms with Crippen LogP contribution in [0.2, 0.25) is 0 Å². The fourth-order valence-corrected chi connectivity index (χ4v) is 2.25. The molecule has 0 aliphatic heterocycles. The lowest BCUT2D eigenvalue weighted by molar-refractivity contribution is 0.544. The average molecular weight is 352 g/mol. The normalized spacial score (nSPS) is 13.2. The number of hydrogen-bond acceptors (Lipinski definition) is 5. The van der Waals surface area contributed by atoms with Crippen molar-refractivity contribution in [2.45, 2.75) is 32.1 Å². The van der Waals surface area contributed by atoms with Crippen LogP contribution in [0.1, 0.15) is 26.6 Å². The lowest BCUT2D eigenvalue weighted by Gasteiger charge is -2.24. The number of nitrogens with zero attached hydrogens (tertiary/aromatic N) is 4. The maximum atomic E-state index is 11.8. The van der Waals surface area contributed by atoms with Gasteiger partial charge in [-0.05, 0) is 32.9 Å². The van der Waals surface area contributed by atoms with Crippen LogP contribution in [0, 0.1) is 0 Å². The molecule has 9 heteroatoms. The van der Waals surface area contributed by atoms with Crippen molar-refractivity contribution in [3.63, 3.8) is 0 Å². The van der Waals surface area contributed by atoms with Crippen LogP contribution in [0.25, 0.3) is 5.65 Å². The standard InChI is InChI=1S/C15H24N6O2S/c1-5-16-14(18-11-15(2,3)24(4,22)23)17-10-13-20-19-12-8-6-7-9-21(12)13/h6-9H,5,10-11H2,1-4H3,(H2,16,17,18). The van der Waals surface area contributed by atoms with E-state index in [1.54, 1.807) is 13.8 Å². The second kappa shape index (κ2) is 7.16. The molecule has 2 aromatic rings. The highest BCUT2D eigenvalue weighted by Crippen LogP contribution is 2.13. The summed E-state index contributed by atoms with van der Waals surface area (Å²) in [6.07, 6.45) is 3.12. The molecule has 0 saturated heterocycles. The Kier molecular flexibility index (Phi) is 5.43. The van der Waals surface area contributed by atoms with Gasteiger partial charge in [-0.2, -0.15) is 0 Å². The van der Waals surface area contributed by atoms with Crippen LogP contribution < -0.4 is 10.6 Å². The van der Waals surface area contributed by atoms with E-state index in [4.69, 9.17) is 0 Å². The van der Waals surface area contributed by atoms with Crippen LogP contribution in [-0.4, -0.2) is 53.1 Å². The fourth-order valence-electron chi connectivity index (χ4n) is 1.92. The zero-order valence-corrected chi connectivity index (χ0v) is 15.3. The summed E-state index contributed by atoms with van der Waals surface area (Å²) < 4.78 is 24.6. The molecule has 0 aliphatic rings. The predicted molar refractivity (Wildman–Crippen MR) is 94.7 cm³/mol. The van der Waals surface area contributed by atoms with Crippen molar-refractivity contribution in [3.8, 4) is 0 Å². The number of hydrogen-bond donors (Lipinski definition) is 2. The molecule has 0 atom stereocenters. The first-order valence-electron chi connectivity index (χ1n) is 7.75. The predicted octanol–water partition coefficient (Wildman–Crippen LogP) is 0.608. The third kappa shape index (κ3) is 4.22. The van der Waals surface area contributed by atoms with Crippen molar-refractivity contribution in [2.75, 3.05) is 19.3 Å². The highest BCUT2D eigenvalue weighted by molar-refractivity contribution is 7.92. The molecule has 2 rings (SSSR count). The van der Waals surface area contributed by atoms with Gasteiger partial charge in [0.2, 0.25) is 0 Å². The zero-order chi connectivity index (χ0) is 17.8. The van der Waals surface area contributed by atoms with E-state index in [2.05, 4.69) is 25.8 Å². The molecule has 0 unspecified atom stereocenters. The lowest BCUT2D eigenvalue weighted by Crippen LogP contribution is -2.47. The van der Waals surface area contributed by atoms with Gasteiger partial charge in [-0.3, -0.25) is 4.40 Å². The fraction of sp³-hybridized carbons (Fsp3) is 0.533. The Morgan fingerprint density at radius 2 is 2.04 bits per heavy atom. The second-order valence-electron chi connectivity index (χ2n) is 6.13. The number of sulfone groups is 1. The molecule has 0 aromatic carbocycles. The molecule has 0 fully saturated rings. The molecule has 0 spiro atoms. The summed E-state index contributed by atoms with van der Waals surface area (Å²) in [5.74, 6) is 1.26. The molecule has 2 aromatic heterocycles. The van der Waals surface area contributed by atoms with E-state index in [-0.39, 0.29) is 6.54 Å². The van der Waals surface area contributed by atoms with Crippen LogP contribution >= 0.6 is 0 Å². The van der Waals surface area contributed by atoms with Gasteiger partial charge in [-0.15, -0.1) is 10.2 Å². The van der Waals surface area contributed by atoms with Crippen LogP contribution in [0.15, 0.2) is 29.4 Å². The maximum absolute atomic E-state index is 11.8. The van der Waals surface area contributed by atoms with Crippen LogP contribution in [0.3, 0.4) is 0 Å². The van der Waals surface area contributed by atoms with Crippen molar-refractivity contribution < 1.29 is 8.42 Å². The van der Waals surface area contributed by atoms with E-state index >= 15 is 0 Å². The third-order valence-corrected chi connectivity index (χ3v) is 5.94. The van der Waals surface area contributed by atoms with Gasteiger partial charge < -0.3 is 10.6 Å². The maximum Gasteiger partial charge on any atom is 0.191 e. The summed E-state index contributed by atoms with van der Waals surface area (Å²) >= 11 is 0. The topological polar surface area (TPSA) is 101 Å². The number of aliphatic imine (C=N–C) groups is 1. The van der Waals surface area contributed by atoms with Crippen molar-refractivity contribution >= 4 is 21.4 Å². The smallest absolute Gasteiger partial charge is 0.191 e. The third-order valence-electron chi connectivity index (χ3n) is 3.79. The van der Waals surface area contributed by atoms with Crippen LogP contribution in [0.5, 0.6) is 0 Å². The first kappa shape index (κ1) is 18.2. The zero-order valence-electron chi connectivity index (χ0n) is 14.4. The second-order valence-corrected chi connectivity index (χ2v) is 8.78. The summed E-state index contributed by atoms with van der Waals surface area (Å²) in [5.41, 5.74) is 0.763. The van der Waals surface area contributed by atoms with Crippen molar-refractivity contribution in [1.82, 2.24) is 25.2 Å². The lowest BCUT2D eigenvalue weighted by atomic mass is 10.2. The van der Waals surface area contributed by atoms with Gasteiger partial charge in [-0.1, -0.05) is 6.07 Å². The summed E-state index contributed by atoms with van der Waals surface area (Å²) in [6, 6.07) is 5.68. The summed E-state index contributed by atoms with van der Waals surface area (Å²) in [7, 11) is -3.17. The minimum Gasteiger partial charge on any atom is -0.357 e. The van der Waals surface area contributed by atoms with E-state index in [0.29, 0.717) is 24.9 Å². The number of rotatable bonds is 6. The molecule has 0 radical (unpaired) electrons. The molecule has 0 bridgehead atoms. The highest BCUT2D eigenvalue weighted by Gasteiger charge is 2.30. The number of aromatic nitrogens is 3. The Hall–Kier alpha value is -2.16. The molecule has 132 valence electrons.